The predicted molar refractivity (Wildman–Crippen MR) is 74.9 cm³/mol. The smallest absolute Gasteiger partial charge is 0.267 e. The van der Waals surface area contributed by atoms with Crippen LogP contribution in [0.5, 0.6) is 0 Å². The van der Waals surface area contributed by atoms with Gasteiger partial charge < -0.3 is 0 Å². The number of pyridine rings is 1. The summed E-state index contributed by atoms with van der Waals surface area (Å²) in [4.78, 5) is 20.9. The Balaban J connectivity index is 2.35. The number of fused-ring (bicyclic) bond motifs is 1. The lowest BCUT2D eigenvalue weighted by Gasteiger charge is -2.10. The Bertz CT molecular complexity index is 809. The molecule has 0 fully saturated rings. The molecule has 0 atom stereocenters. The number of rotatable bonds is 1. The van der Waals surface area contributed by atoms with Crippen molar-refractivity contribution in [1.82, 2.24) is 14.5 Å². The van der Waals surface area contributed by atoms with Crippen LogP contribution in [0.4, 0.5) is 0 Å². The maximum atomic E-state index is 12.5. The van der Waals surface area contributed by atoms with Crippen LogP contribution in [-0.2, 0) is 0 Å². The Morgan fingerprint density at radius 1 is 1.16 bits per heavy atom. The fourth-order valence-electron chi connectivity index (χ4n) is 2.02. The molecule has 2 heterocycles. The summed E-state index contributed by atoms with van der Waals surface area (Å²) < 4.78 is 1.56. The molecule has 0 spiro atoms. The molecule has 0 aliphatic heterocycles. The Hall–Kier alpha value is -2.20. The van der Waals surface area contributed by atoms with Crippen LogP contribution >= 0.6 is 11.6 Å². The molecule has 4 nitrogen and oxygen atoms in total. The molecule has 3 rings (SSSR count). The largest absolute Gasteiger partial charge is 0.268 e. The van der Waals surface area contributed by atoms with Gasteiger partial charge in [0.2, 0.25) is 0 Å². The third-order valence-electron chi connectivity index (χ3n) is 2.90. The minimum Gasteiger partial charge on any atom is -0.268 e. The van der Waals surface area contributed by atoms with E-state index in [1.54, 1.807) is 54.1 Å². The molecular weight excluding hydrogens is 262 g/mol. The zero-order valence-corrected chi connectivity index (χ0v) is 10.9. The van der Waals surface area contributed by atoms with E-state index in [-0.39, 0.29) is 5.56 Å². The van der Waals surface area contributed by atoms with Crippen molar-refractivity contribution in [3.8, 4) is 5.69 Å². The van der Waals surface area contributed by atoms with Crippen molar-refractivity contribution < 1.29 is 0 Å². The lowest BCUT2D eigenvalue weighted by Crippen LogP contribution is -2.22. The first-order valence-corrected chi connectivity index (χ1v) is 6.15. The molecule has 0 radical (unpaired) electrons. The van der Waals surface area contributed by atoms with Crippen LogP contribution in [0.3, 0.4) is 0 Å². The molecule has 1 aromatic carbocycles. The van der Waals surface area contributed by atoms with E-state index in [0.717, 1.165) is 5.69 Å². The molecule has 0 saturated carbocycles. The van der Waals surface area contributed by atoms with Crippen molar-refractivity contribution in [2.75, 3.05) is 0 Å². The van der Waals surface area contributed by atoms with E-state index in [2.05, 4.69) is 9.97 Å². The van der Waals surface area contributed by atoms with Gasteiger partial charge in [-0.2, -0.15) is 0 Å². The van der Waals surface area contributed by atoms with E-state index >= 15 is 0 Å². The summed E-state index contributed by atoms with van der Waals surface area (Å²) in [6, 6.07) is 10.5. The minimum atomic E-state index is -0.127. The normalized spacial score (nSPS) is 10.8. The Labute approximate surface area is 114 Å². The van der Waals surface area contributed by atoms with E-state index in [1.165, 1.54) is 0 Å². The minimum absolute atomic E-state index is 0.127. The van der Waals surface area contributed by atoms with Crippen LogP contribution < -0.4 is 5.56 Å². The second-order valence-corrected chi connectivity index (χ2v) is 4.59. The van der Waals surface area contributed by atoms with Gasteiger partial charge in [0.15, 0.2) is 5.65 Å². The molecule has 0 N–H and O–H groups in total. The molecule has 2 aromatic heterocycles. The second kappa shape index (κ2) is 4.48. The number of nitrogens with zero attached hydrogens (tertiary/aromatic N) is 3. The summed E-state index contributed by atoms with van der Waals surface area (Å²) >= 11 is 5.86. The Morgan fingerprint density at radius 3 is 2.63 bits per heavy atom. The fourth-order valence-corrected chi connectivity index (χ4v) is 2.14. The molecule has 0 saturated heterocycles. The number of aromatic nitrogens is 3. The van der Waals surface area contributed by atoms with E-state index in [4.69, 9.17) is 11.6 Å². The monoisotopic (exact) mass is 271 g/mol. The van der Waals surface area contributed by atoms with Crippen molar-refractivity contribution >= 4 is 22.6 Å². The molecule has 94 valence electrons. The summed E-state index contributed by atoms with van der Waals surface area (Å²) in [5.41, 5.74) is 1.08. The standard InChI is InChI=1S/C14H10ClN3O/c1-9-17-13-12(3-2-8-16-13)14(19)18(9)11-6-4-10(15)5-7-11/h2-8H,1H3. The number of hydrogen-bond acceptors (Lipinski definition) is 3. The predicted octanol–water partition coefficient (Wildman–Crippen LogP) is 2.74. The van der Waals surface area contributed by atoms with E-state index in [1.807, 2.05) is 0 Å². The molecular formula is C14H10ClN3O. The average Bonchev–Trinajstić information content (AvgIpc) is 2.41. The Morgan fingerprint density at radius 2 is 1.89 bits per heavy atom. The van der Waals surface area contributed by atoms with E-state index in [9.17, 15) is 4.79 Å². The summed E-state index contributed by atoms with van der Waals surface area (Å²) in [5.74, 6) is 0.596. The molecule has 0 bridgehead atoms. The van der Waals surface area contributed by atoms with Gasteiger partial charge in [-0.15, -0.1) is 0 Å². The van der Waals surface area contributed by atoms with E-state index < -0.39 is 0 Å². The first-order chi connectivity index (χ1) is 9.16. The van der Waals surface area contributed by atoms with Gasteiger partial charge in [0.1, 0.15) is 5.82 Å². The summed E-state index contributed by atoms with van der Waals surface area (Å²) in [7, 11) is 0. The van der Waals surface area contributed by atoms with Crippen molar-refractivity contribution in [2.45, 2.75) is 6.92 Å². The Kier molecular flexibility index (Phi) is 2.80. The highest BCUT2D eigenvalue weighted by Gasteiger charge is 2.09. The van der Waals surface area contributed by atoms with Crippen molar-refractivity contribution in [2.24, 2.45) is 0 Å². The van der Waals surface area contributed by atoms with Gasteiger partial charge in [0, 0.05) is 11.2 Å². The third kappa shape index (κ3) is 2.00. The topological polar surface area (TPSA) is 47.8 Å². The SMILES string of the molecule is Cc1nc2ncccc2c(=O)n1-c1ccc(Cl)cc1. The maximum absolute atomic E-state index is 12.5. The van der Waals surface area contributed by atoms with Crippen LogP contribution in [0, 0.1) is 6.92 Å². The van der Waals surface area contributed by atoms with Gasteiger partial charge in [-0.05, 0) is 43.3 Å². The molecule has 0 amide bonds. The lowest BCUT2D eigenvalue weighted by molar-refractivity contribution is 0.889. The molecule has 3 aromatic rings. The molecule has 0 aliphatic carbocycles. The first-order valence-electron chi connectivity index (χ1n) is 5.77. The molecule has 0 unspecified atom stereocenters. The van der Waals surface area contributed by atoms with Crippen LogP contribution in [0.2, 0.25) is 5.02 Å². The van der Waals surface area contributed by atoms with Crippen LogP contribution in [-0.4, -0.2) is 14.5 Å². The molecule has 0 aliphatic rings. The second-order valence-electron chi connectivity index (χ2n) is 4.15. The van der Waals surface area contributed by atoms with Gasteiger partial charge in [-0.3, -0.25) is 9.36 Å². The fraction of sp³-hybridized carbons (Fsp3) is 0.0714. The average molecular weight is 272 g/mol. The van der Waals surface area contributed by atoms with Gasteiger partial charge in [0.25, 0.3) is 5.56 Å². The van der Waals surface area contributed by atoms with E-state index in [0.29, 0.717) is 21.9 Å². The third-order valence-corrected chi connectivity index (χ3v) is 3.15. The van der Waals surface area contributed by atoms with Gasteiger partial charge in [0.05, 0.1) is 11.1 Å². The van der Waals surface area contributed by atoms with Crippen molar-refractivity contribution in [3.05, 3.63) is 63.8 Å². The highest BCUT2D eigenvalue weighted by atomic mass is 35.5. The summed E-state index contributed by atoms with van der Waals surface area (Å²) in [6.07, 6.45) is 1.63. The zero-order chi connectivity index (χ0) is 13.4. The zero-order valence-electron chi connectivity index (χ0n) is 10.2. The molecule has 5 heteroatoms. The number of halogens is 1. The maximum Gasteiger partial charge on any atom is 0.267 e. The summed E-state index contributed by atoms with van der Waals surface area (Å²) in [5, 5.41) is 1.13. The number of aryl methyl sites for hydroxylation is 1. The van der Waals surface area contributed by atoms with Crippen molar-refractivity contribution in [3.63, 3.8) is 0 Å². The quantitative estimate of drug-likeness (QED) is 0.684. The van der Waals surface area contributed by atoms with Crippen LogP contribution in [0.25, 0.3) is 16.7 Å². The van der Waals surface area contributed by atoms with Crippen LogP contribution in [0.15, 0.2) is 47.4 Å². The highest BCUT2D eigenvalue weighted by molar-refractivity contribution is 6.30. The van der Waals surface area contributed by atoms with Crippen molar-refractivity contribution in [1.29, 1.82) is 0 Å². The van der Waals surface area contributed by atoms with Crippen LogP contribution in [0.1, 0.15) is 5.82 Å². The van der Waals surface area contributed by atoms with Gasteiger partial charge >= 0.3 is 0 Å². The molecule has 19 heavy (non-hydrogen) atoms. The number of benzene rings is 1. The highest BCUT2D eigenvalue weighted by Crippen LogP contribution is 2.14. The summed E-state index contributed by atoms with van der Waals surface area (Å²) in [6.45, 7) is 1.78. The first kappa shape index (κ1) is 11.9. The lowest BCUT2D eigenvalue weighted by atomic mass is 10.3. The van der Waals surface area contributed by atoms with Gasteiger partial charge in [-0.1, -0.05) is 11.6 Å². The van der Waals surface area contributed by atoms with Gasteiger partial charge in [-0.25, -0.2) is 9.97 Å². The number of hydrogen-bond donors (Lipinski definition) is 0.